The molecule has 1 heterocycles. The number of amidine groups is 2. The summed E-state index contributed by atoms with van der Waals surface area (Å²) in [6.07, 6.45) is 3.10. The van der Waals surface area contributed by atoms with Crippen LogP contribution in [0.2, 0.25) is 0 Å². The Balaban J connectivity index is 1.44. The van der Waals surface area contributed by atoms with Gasteiger partial charge in [0.1, 0.15) is 12.2 Å². The Morgan fingerprint density at radius 3 is 2.53 bits per heavy atom. The number of hydrogen-bond donors (Lipinski definition) is 1. The van der Waals surface area contributed by atoms with Gasteiger partial charge in [0.2, 0.25) is 0 Å². The monoisotopic (exact) mass is 530 g/mol. The van der Waals surface area contributed by atoms with Crippen molar-refractivity contribution in [1.82, 2.24) is 0 Å². The first kappa shape index (κ1) is 27.1. The molecule has 0 saturated carbocycles. The number of hydrogen-bond acceptors (Lipinski definition) is 5. The zero-order valence-electron chi connectivity index (χ0n) is 21.7. The fourth-order valence-corrected chi connectivity index (χ4v) is 4.92. The molecule has 0 bridgehead atoms. The van der Waals surface area contributed by atoms with Crippen molar-refractivity contribution in [2.45, 2.75) is 26.7 Å². The van der Waals surface area contributed by atoms with Crippen LogP contribution in [0.4, 0.5) is 15.9 Å². The lowest BCUT2D eigenvalue weighted by atomic mass is 10.00. The molecule has 1 aliphatic rings. The second kappa shape index (κ2) is 13.0. The molecule has 196 valence electrons. The minimum absolute atomic E-state index is 0.114. The standard InChI is InChI=1S/C29H31FN6OS/c1-20(2)26-6-4-5-7-27(26)36-17-21(3)18-38-29(36)35-34-16-22-8-10-23(11-9-22)28(31)33-19-32-24-12-14-25(37-30)15-13-24/h4-16,19-21H,17-18H2,1-3H3,(H2,31,32,33)/b34-16+,35-29-. The van der Waals surface area contributed by atoms with Crippen molar-refractivity contribution in [2.24, 2.45) is 31.8 Å². The average Bonchev–Trinajstić information content (AvgIpc) is 2.94. The van der Waals surface area contributed by atoms with Gasteiger partial charge in [-0.25, -0.2) is 9.98 Å². The van der Waals surface area contributed by atoms with Gasteiger partial charge in [-0.15, -0.1) is 5.10 Å². The van der Waals surface area contributed by atoms with Gasteiger partial charge in [-0.05, 0) is 53.3 Å². The number of thioether (sulfide) groups is 1. The Morgan fingerprint density at radius 2 is 1.82 bits per heavy atom. The number of benzene rings is 3. The molecule has 0 aliphatic carbocycles. The fraction of sp³-hybridized carbons (Fsp3) is 0.241. The Kier molecular flexibility index (Phi) is 9.26. The van der Waals surface area contributed by atoms with Crippen LogP contribution >= 0.6 is 11.8 Å². The summed E-state index contributed by atoms with van der Waals surface area (Å²) in [5, 5.41) is 9.89. The summed E-state index contributed by atoms with van der Waals surface area (Å²) in [6, 6.07) is 22.3. The lowest BCUT2D eigenvalue weighted by Crippen LogP contribution is -2.39. The summed E-state index contributed by atoms with van der Waals surface area (Å²) in [5.41, 5.74) is 10.9. The summed E-state index contributed by atoms with van der Waals surface area (Å²) in [5.74, 6) is 2.44. The van der Waals surface area contributed by atoms with Gasteiger partial charge in [-0.3, -0.25) is 4.94 Å². The minimum Gasteiger partial charge on any atom is -0.383 e. The molecule has 7 nitrogen and oxygen atoms in total. The Labute approximate surface area is 227 Å². The molecule has 2 N–H and O–H groups in total. The van der Waals surface area contributed by atoms with Crippen molar-refractivity contribution in [3.05, 3.63) is 89.5 Å². The molecule has 1 fully saturated rings. The Bertz CT molecular complexity index is 1340. The van der Waals surface area contributed by atoms with E-state index in [0.717, 1.165) is 28.6 Å². The fourth-order valence-electron chi connectivity index (χ4n) is 3.94. The van der Waals surface area contributed by atoms with E-state index in [9.17, 15) is 4.53 Å². The van der Waals surface area contributed by atoms with Crippen LogP contribution in [0.15, 0.2) is 93.0 Å². The number of anilines is 1. The number of aliphatic imine (C=N–C) groups is 2. The normalized spacial score (nSPS) is 17.7. The van der Waals surface area contributed by atoms with Crippen LogP contribution in [-0.4, -0.2) is 35.9 Å². The number of halogens is 1. The second-order valence-electron chi connectivity index (χ2n) is 9.32. The molecule has 4 rings (SSSR count). The molecule has 0 radical (unpaired) electrons. The van der Waals surface area contributed by atoms with Gasteiger partial charge in [0.25, 0.3) is 0 Å². The van der Waals surface area contributed by atoms with Crippen molar-refractivity contribution in [3.63, 3.8) is 0 Å². The number of para-hydroxylation sites is 1. The van der Waals surface area contributed by atoms with Crippen molar-refractivity contribution >= 4 is 46.7 Å². The quantitative estimate of drug-likeness (QED) is 0.199. The van der Waals surface area contributed by atoms with Crippen LogP contribution in [-0.2, 0) is 0 Å². The van der Waals surface area contributed by atoms with E-state index < -0.39 is 0 Å². The molecule has 1 atom stereocenters. The summed E-state index contributed by atoms with van der Waals surface area (Å²) in [4.78, 5) is 14.3. The summed E-state index contributed by atoms with van der Waals surface area (Å²) >= 11 is 1.74. The highest BCUT2D eigenvalue weighted by Crippen LogP contribution is 2.33. The highest BCUT2D eigenvalue weighted by Gasteiger charge is 2.25. The number of rotatable bonds is 8. The van der Waals surface area contributed by atoms with E-state index in [1.54, 1.807) is 30.1 Å². The highest BCUT2D eigenvalue weighted by molar-refractivity contribution is 8.14. The molecule has 0 spiro atoms. The van der Waals surface area contributed by atoms with Gasteiger partial charge in [0.15, 0.2) is 10.9 Å². The van der Waals surface area contributed by atoms with Crippen molar-refractivity contribution < 1.29 is 9.47 Å². The van der Waals surface area contributed by atoms with Gasteiger partial charge in [0, 0.05) is 28.1 Å². The maximum Gasteiger partial charge on any atom is 0.190 e. The van der Waals surface area contributed by atoms with Crippen LogP contribution in [0, 0.1) is 5.92 Å². The Morgan fingerprint density at radius 1 is 1.08 bits per heavy atom. The maximum atomic E-state index is 12.1. The zero-order chi connectivity index (χ0) is 26.9. The van der Waals surface area contributed by atoms with E-state index in [-0.39, 0.29) is 5.75 Å². The first-order valence-electron chi connectivity index (χ1n) is 12.4. The maximum absolute atomic E-state index is 12.1. The van der Waals surface area contributed by atoms with E-state index in [1.165, 1.54) is 29.7 Å². The highest BCUT2D eigenvalue weighted by atomic mass is 32.2. The van der Waals surface area contributed by atoms with E-state index in [0.29, 0.717) is 23.4 Å². The van der Waals surface area contributed by atoms with Crippen LogP contribution in [0.1, 0.15) is 43.4 Å². The predicted molar refractivity (Wildman–Crippen MR) is 158 cm³/mol. The van der Waals surface area contributed by atoms with Crippen LogP contribution in [0.25, 0.3) is 0 Å². The van der Waals surface area contributed by atoms with Crippen LogP contribution < -0.4 is 15.6 Å². The first-order valence-corrected chi connectivity index (χ1v) is 13.4. The van der Waals surface area contributed by atoms with Crippen molar-refractivity contribution in [2.75, 3.05) is 17.2 Å². The minimum atomic E-state index is 0.114. The van der Waals surface area contributed by atoms with Crippen LogP contribution in [0.5, 0.6) is 5.75 Å². The third-order valence-corrected chi connectivity index (χ3v) is 7.25. The van der Waals surface area contributed by atoms with E-state index in [1.807, 2.05) is 24.3 Å². The predicted octanol–water partition coefficient (Wildman–Crippen LogP) is 6.72. The third-order valence-electron chi connectivity index (χ3n) is 5.96. The molecule has 1 aliphatic heterocycles. The lowest BCUT2D eigenvalue weighted by molar-refractivity contribution is -0.00618. The van der Waals surface area contributed by atoms with Gasteiger partial charge in [-0.2, -0.15) is 5.10 Å². The van der Waals surface area contributed by atoms with Gasteiger partial charge in [-0.1, -0.05) is 75.0 Å². The van der Waals surface area contributed by atoms with Gasteiger partial charge >= 0.3 is 0 Å². The smallest absolute Gasteiger partial charge is 0.190 e. The SMILES string of the molecule is CC1CS/C(=N\N=C\c2ccc(C(N)=NC=Nc3ccc(OF)cc3)cc2)N(c2ccccc2C(C)C)C1. The summed E-state index contributed by atoms with van der Waals surface area (Å²) < 4.78 is 12.1. The molecule has 0 amide bonds. The van der Waals surface area contributed by atoms with Crippen LogP contribution in [0.3, 0.4) is 0 Å². The zero-order valence-corrected chi connectivity index (χ0v) is 22.5. The van der Waals surface area contributed by atoms with E-state index in [2.05, 4.69) is 75.1 Å². The molecule has 9 heteroatoms. The number of nitrogens with two attached hydrogens (primary N) is 1. The molecular formula is C29H31FN6OS. The second-order valence-corrected chi connectivity index (χ2v) is 10.3. The Hall–Kier alpha value is -3.98. The molecule has 0 aromatic heterocycles. The largest absolute Gasteiger partial charge is 0.383 e. The summed E-state index contributed by atoms with van der Waals surface area (Å²) in [6.45, 7) is 7.61. The molecular weight excluding hydrogens is 499 g/mol. The molecule has 1 saturated heterocycles. The molecule has 3 aromatic carbocycles. The van der Waals surface area contributed by atoms with Crippen molar-refractivity contribution in [1.29, 1.82) is 0 Å². The topological polar surface area (TPSA) is 87.9 Å². The molecule has 3 aromatic rings. The van der Waals surface area contributed by atoms with E-state index in [4.69, 9.17) is 5.73 Å². The van der Waals surface area contributed by atoms with Gasteiger partial charge < -0.3 is 10.6 Å². The first-order chi connectivity index (χ1) is 18.4. The van der Waals surface area contributed by atoms with E-state index >= 15 is 0 Å². The third kappa shape index (κ3) is 7.07. The summed E-state index contributed by atoms with van der Waals surface area (Å²) in [7, 11) is 0. The van der Waals surface area contributed by atoms with Crippen molar-refractivity contribution in [3.8, 4) is 5.75 Å². The lowest BCUT2D eigenvalue weighted by Gasteiger charge is -2.34. The molecule has 1 unspecified atom stereocenters. The average molecular weight is 531 g/mol. The number of nitrogens with zero attached hydrogens (tertiary/aromatic N) is 5. The molecule has 38 heavy (non-hydrogen) atoms. The van der Waals surface area contributed by atoms with Gasteiger partial charge in [0.05, 0.1) is 11.9 Å².